The predicted molar refractivity (Wildman–Crippen MR) is 64.7 cm³/mol. The van der Waals surface area contributed by atoms with Crippen LogP contribution in [0.3, 0.4) is 0 Å². The summed E-state index contributed by atoms with van der Waals surface area (Å²) in [5.74, 6) is 0.512. The van der Waals surface area contributed by atoms with E-state index in [9.17, 15) is 4.79 Å². The number of amides is 1. The lowest BCUT2D eigenvalue weighted by molar-refractivity contribution is -0.158. The van der Waals surface area contributed by atoms with Crippen molar-refractivity contribution in [3.05, 3.63) is 0 Å². The maximum absolute atomic E-state index is 12.3. The van der Waals surface area contributed by atoms with Gasteiger partial charge in [0.15, 0.2) is 0 Å². The minimum atomic E-state index is 0.151. The molecule has 0 aromatic heterocycles. The topological polar surface area (TPSA) is 32.8 Å². The lowest BCUT2D eigenvalue weighted by Gasteiger charge is -2.57. The number of hydrogen-bond acceptors (Lipinski definition) is 3. The van der Waals surface area contributed by atoms with E-state index < -0.39 is 0 Å². The van der Waals surface area contributed by atoms with Gasteiger partial charge in [0.25, 0.3) is 0 Å². The number of hydrogen-bond donors (Lipinski definition) is 0. The molecular formula is C13H22N2O2. The first kappa shape index (κ1) is 11.5. The zero-order chi connectivity index (χ0) is 11.8. The zero-order valence-corrected chi connectivity index (χ0v) is 10.6. The molecular weight excluding hydrogens is 216 g/mol. The molecule has 3 atom stereocenters. The first-order chi connectivity index (χ1) is 8.29. The van der Waals surface area contributed by atoms with E-state index in [0.29, 0.717) is 24.6 Å². The third-order valence-electron chi connectivity index (χ3n) is 4.34. The molecule has 4 heteroatoms. The highest BCUT2D eigenvalue weighted by Gasteiger charge is 2.48. The Bertz CT molecular complexity index is 290. The summed E-state index contributed by atoms with van der Waals surface area (Å²) in [6.07, 6.45) is 3.36. The van der Waals surface area contributed by atoms with Crippen LogP contribution >= 0.6 is 0 Å². The second kappa shape index (κ2) is 4.58. The molecule has 4 aliphatic heterocycles. The number of ether oxygens (including phenoxy) is 1. The summed E-state index contributed by atoms with van der Waals surface area (Å²) in [5.41, 5.74) is 0. The summed E-state index contributed by atoms with van der Waals surface area (Å²) in [6, 6.07) is 0.988. The van der Waals surface area contributed by atoms with Gasteiger partial charge in [0, 0.05) is 31.8 Å². The van der Waals surface area contributed by atoms with Gasteiger partial charge < -0.3 is 9.64 Å². The number of carbonyl (C=O) groups is 1. The van der Waals surface area contributed by atoms with E-state index in [1.165, 1.54) is 19.4 Å². The number of piperazine rings is 1. The molecule has 1 amide bonds. The van der Waals surface area contributed by atoms with Crippen LogP contribution in [0.2, 0.25) is 0 Å². The molecule has 0 spiro atoms. The Morgan fingerprint density at radius 1 is 1.35 bits per heavy atom. The average Bonchev–Trinajstić information content (AvgIpc) is 2.82. The number of fused-ring (bicyclic) bond motifs is 2. The SMILES string of the molecule is CCCN1CC2CC(C1)N2C(=O)C1CCOC1. The van der Waals surface area contributed by atoms with E-state index in [-0.39, 0.29) is 5.92 Å². The molecule has 96 valence electrons. The standard InChI is InChI=1S/C13H22N2O2/c1-2-4-14-7-11-6-12(8-14)15(11)13(16)10-3-5-17-9-10/h10-12H,2-9H2,1H3. The maximum atomic E-state index is 12.3. The van der Waals surface area contributed by atoms with E-state index in [0.717, 1.165) is 26.1 Å². The molecule has 4 saturated heterocycles. The second-order valence-electron chi connectivity index (χ2n) is 5.61. The van der Waals surface area contributed by atoms with E-state index in [1.807, 2.05) is 0 Å². The molecule has 0 aromatic rings. The van der Waals surface area contributed by atoms with Crippen LogP contribution in [-0.4, -0.2) is 60.6 Å². The molecule has 0 aliphatic carbocycles. The van der Waals surface area contributed by atoms with Crippen molar-refractivity contribution < 1.29 is 9.53 Å². The zero-order valence-electron chi connectivity index (χ0n) is 10.6. The lowest BCUT2D eigenvalue weighted by atomic mass is 9.85. The quantitative estimate of drug-likeness (QED) is 0.726. The molecule has 4 nitrogen and oxygen atoms in total. The molecule has 0 saturated carbocycles. The van der Waals surface area contributed by atoms with E-state index in [2.05, 4.69) is 16.7 Å². The highest BCUT2D eigenvalue weighted by atomic mass is 16.5. The number of nitrogens with zero attached hydrogens (tertiary/aromatic N) is 2. The molecule has 17 heavy (non-hydrogen) atoms. The highest BCUT2D eigenvalue weighted by Crippen LogP contribution is 2.34. The van der Waals surface area contributed by atoms with Crippen LogP contribution in [0.5, 0.6) is 0 Å². The molecule has 4 heterocycles. The van der Waals surface area contributed by atoms with Crippen molar-refractivity contribution in [3.63, 3.8) is 0 Å². The molecule has 0 radical (unpaired) electrons. The molecule has 4 fully saturated rings. The van der Waals surface area contributed by atoms with Crippen molar-refractivity contribution in [2.45, 2.75) is 38.3 Å². The van der Waals surface area contributed by atoms with Gasteiger partial charge in [-0.25, -0.2) is 0 Å². The Morgan fingerprint density at radius 3 is 2.71 bits per heavy atom. The fourth-order valence-electron chi connectivity index (χ4n) is 3.50. The minimum absolute atomic E-state index is 0.151. The lowest BCUT2D eigenvalue weighted by Crippen LogP contribution is -2.70. The summed E-state index contributed by atoms with van der Waals surface area (Å²) in [6.45, 7) is 6.99. The van der Waals surface area contributed by atoms with Crippen molar-refractivity contribution >= 4 is 5.91 Å². The van der Waals surface area contributed by atoms with Gasteiger partial charge in [0.1, 0.15) is 0 Å². The van der Waals surface area contributed by atoms with Crippen molar-refractivity contribution in [3.8, 4) is 0 Å². The number of carbonyl (C=O) groups excluding carboxylic acids is 1. The first-order valence-corrected chi connectivity index (χ1v) is 6.92. The van der Waals surface area contributed by atoms with Gasteiger partial charge in [0.05, 0.1) is 12.5 Å². The van der Waals surface area contributed by atoms with Gasteiger partial charge in [-0.15, -0.1) is 0 Å². The first-order valence-electron chi connectivity index (χ1n) is 6.92. The summed E-state index contributed by atoms with van der Waals surface area (Å²) >= 11 is 0. The maximum Gasteiger partial charge on any atom is 0.228 e. The Morgan fingerprint density at radius 2 is 2.12 bits per heavy atom. The third-order valence-corrected chi connectivity index (χ3v) is 4.34. The third kappa shape index (κ3) is 1.97. The second-order valence-corrected chi connectivity index (χ2v) is 5.61. The van der Waals surface area contributed by atoms with Crippen molar-refractivity contribution in [2.24, 2.45) is 5.92 Å². The largest absolute Gasteiger partial charge is 0.381 e. The van der Waals surface area contributed by atoms with Gasteiger partial charge in [-0.1, -0.05) is 6.92 Å². The highest BCUT2D eigenvalue weighted by molar-refractivity contribution is 5.81. The van der Waals surface area contributed by atoms with Crippen LogP contribution in [0.25, 0.3) is 0 Å². The number of piperidine rings is 1. The fourth-order valence-corrected chi connectivity index (χ4v) is 3.50. The van der Waals surface area contributed by atoms with Crippen molar-refractivity contribution in [2.75, 3.05) is 32.8 Å². The van der Waals surface area contributed by atoms with Crippen LogP contribution in [0.15, 0.2) is 0 Å². The van der Waals surface area contributed by atoms with Crippen LogP contribution in [0.4, 0.5) is 0 Å². The van der Waals surface area contributed by atoms with Crippen LogP contribution in [0.1, 0.15) is 26.2 Å². The molecule has 0 N–H and O–H groups in total. The van der Waals surface area contributed by atoms with E-state index >= 15 is 0 Å². The Kier molecular flexibility index (Phi) is 3.09. The Labute approximate surface area is 103 Å². The molecule has 4 aliphatic rings. The summed E-state index contributed by atoms with van der Waals surface area (Å²) < 4.78 is 5.32. The van der Waals surface area contributed by atoms with Crippen LogP contribution < -0.4 is 0 Å². The number of rotatable bonds is 3. The predicted octanol–water partition coefficient (Wildman–Crippen LogP) is 0.718. The van der Waals surface area contributed by atoms with Crippen LogP contribution in [0, 0.1) is 5.92 Å². The summed E-state index contributed by atoms with van der Waals surface area (Å²) in [7, 11) is 0. The Hall–Kier alpha value is -0.610. The minimum Gasteiger partial charge on any atom is -0.381 e. The molecule has 3 unspecified atom stereocenters. The van der Waals surface area contributed by atoms with E-state index in [4.69, 9.17) is 4.74 Å². The van der Waals surface area contributed by atoms with Crippen LogP contribution in [-0.2, 0) is 9.53 Å². The van der Waals surface area contributed by atoms with Gasteiger partial charge in [0.2, 0.25) is 5.91 Å². The smallest absolute Gasteiger partial charge is 0.228 e. The van der Waals surface area contributed by atoms with Gasteiger partial charge >= 0.3 is 0 Å². The Balaban J connectivity index is 1.58. The summed E-state index contributed by atoms with van der Waals surface area (Å²) in [4.78, 5) is 17.0. The monoisotopic (exact) mass is 238 g/mol. The van der Waals surface area contributed by atoms with E-state index in [1.54, 1.807) is 0 Å². The van der Waals surface area contributed by atoms with Crippen molar-refractivity contribution in [1.29, 1.82) is 0 Å². The normalized spacial score (nSPS) is 37.0. The van der Waals surface area contributed by atoms with Gasteiger partial charge in [-0.3, -0.25) is 9.69 Å². The molecule has 0 aromatic carbocycles. The van der Waals surface area contributed by atoms with Gasteiger partial charge in [-0.2, -0.15) is 0 Å². The molecule has 4 rings (SSSR count). The van der Waals surface area contributed by atoms with Crippen molar-refractivity contribution in [1.82, 2.24) is 9.80 Å². The average molecular weight is 238 g/mol. The van der Waals surface area contributed by atoms with Gasteiger partial charge in [-0.05, 0) is 25.8 Å². The fraction of sp³-hybridized carbons (Fsp3) is 0.923. The summed E-state index contributed by atoms with van der Waals surface area (Å²) in [5, 5.41) is 0. The molecule has 2 bridgehead atoms.